The van der Waals surface area contributed by atoms with E-state index in [1.54, 1.807) is 12.3 Å². The number of sulfone groups is 1. The van der Waals surface area contributed by atoms with Gasteiger partial charge in [0.15, 0.2) is 9.84 Å². The fraction of sp³-hybridized carbons (Fsp3) is 0.615. The summed E-state index contributed by atoms with van der Waals surface area (Å²) in [6.45, 7) is 2.82. The van der Waals surface area contributed by atoms with Gasteiger partial charge in [0.05, 0.1) is 5.75 Å². The summed E-state index contributed by atoms with van der Waals surface area (Å²) in [6.07, 6.45) is 5.92. The molecule has 0 aliphatic carbocycles. The maximum atomic E-state index is 12.3. The average Bonchev–Trinajstić information content (AvgIpc) is 2.46. The summed E-state index contributed by atoms with van der Waals surface area (Å²) in [4.78, 5) is 7.05. The minimum Gasteiger partial charge on any atom is -0.353 e. The Hall–Kier alpha value is -1.10. The number of anilines is 1. The SMILES string of the molecule is Cc1cnc2c(c1)S(=O)(=O)CC[C@@H]1CCCCN21. The number of hydrogen-bond acceptors (Lipinski definition) is 4. The van der Waals surface area contributed by atoms with Crippen molar-refractivity contribution in [1.82, 2.24) is 4.98 Å². The van der Waals surface area contributed by atoms with Crippen LogP contribution < -0.4 is 4.90 Å². The Morgan fingerprint density at radius 2 is 2.17 bits per heavy atom. The van der Waals surface area contributed by atoms with Gasteiger partial charge in [-0.1, -0.05) is 0 Å². The second-order valence-electron chi connectivity index (χ2n) is 5.28. The standard InChI is InChI=1S/C13H18N2O2S/c1-10-8-12-13(14-9-10)15-6-3-2-4-11(15)5-7-18(12,16)17/h8-9,11H,2-7H2,1H3/t11-/m0/s1. The van der Waals surface area contributed by atoms with E-state index in [4.69, 9.17) is 0 Å². The molecule has 2 aliphatic heterocycles. The lowest BCUT2D eigenvalue weighted by molar-refractivity contribution is 0.448. The molecule has 0 radical (unpaired) electrons. The van der Waals surface area contributed by atoms with Crippen molar-refractivity contribution >= 4 is 15.7 Å². The van der Waals surface area contributed by atoms with Gasteiger partial charge in [0.1, 0.15) is 10.7 Å². The van der Waals surface area contributed by atoms with Gasteiger partial charge in [0.2, 0.25) is 0 Å². The normalized spacial score (nSPS) is 26.1. The van der Waals surface area contributed by atoms with Gasteiger partial charge in [-0.25, -0.2) is 13.4 Å². The van der Waals surface area contributed by atoms with Gasteiger partial charge in [0, 0.05) is 18.8 Å². The molecule has 0 aromatic carbocycles. The lowest BCUT2D eigenvalue weighted by Gasteiger charge is -2.35. The lowest BCUT2D eigenvalue weighted by atomic mass is 10.00. The molecule has 0 unspecified atom stereocenters. The van der Waals surface area contributed by atoms with E-state index in [0.717, 1.165) is 31.4 Å². The van der Waals surface area contributed by atoms with E-state index in [9.17, 15) is 8.42 Å². The van der Waals surface area contributed by atoms with E-state index in [1.165, 1.54) is 6.42 Å². The molecule has 4 nitrogen and oxygen atoms in total. The van der Waals surface area contributed by atoms with Gasteiger partial charge in [-0.3, -0.25) is 0 Å². The Morgan fingerprint density at radius 1 is 1.33 bits per heavy atom. The number of aromatic nitrogens is 1. The van der Waals surface area contributed by atoms with Crippen LogP contribution in [0.5, 0.6) is 0 Å². The zero-order valence-electron chi connectivity index (χ0n) is 10.6. The molecule has 0 spiro atoms. The van der Waals surface area contributed by atoms with Gasteiger partial charge < -0.3 is 4.90 Å². The van der Waals surface area contributed by atoms with Gasteiger partial charge in [-0.2, -0.15) is 0 Å². The molecule has 1 saturated heterocycles. The summed E-state index contributed by atoms with van der Waals surface area (Å²) in [7, 11) is -3.16. The zero-order chi connectivity index (χ0) is 12.8. The Balaban J connectivity index is 2.17. The van der Waals surface area contributed by atoms with Crippen LogP contribution in [0, 0.1) is 6.92 Å². The van der Waals surface area contributed by atoms with Crippen LogP contribution in [0.15, 0.2) is 17.2 Å². The summed E-state index contributed by atoms with van der Waals surface area (Å²) in [6, 6.07) is 2.12. The largest absolute Gasteiger partial charge is 0.353 e. The van der Waals surface area contributed by atoms with E-state index in [0.29, 0.717) is 16.8 Å². The topological polar surface area (TPSA) is 50.3 Å². The quantitative estimate of drug-likeness (QED) is 0.720. The Bertz CT molecular complexity index is 568. The van der Waals surface area contributed by atoms with Crippen LogP contribution in [-0.2, 0) is 9.84 Å². The molecule has 5 heteroatoms. The van der Waals surface area contributed by atoms with Crippen LogP contribution in [-0.4, -0.2) is 31.7 Å². The summed E-state index contributed by atoms with van der Waals surface area (Å²) in [5, 5.41) is 0. The molecule has 18 heavy (non-hydrogen) atoms. The molecule has 98 valence electrons. The summed E-state index contributed by atoms with van der Waals surface area (Å²) in [5.74, 6) is 0.939. The number of piperidine rings is 1. The van der Waals surface area contributed by atoms with Crippen LogP contribution >= 0.6 is 0 Å². The van der Waals surface area contributed by atoms with Gasteiger partial charge >= 0.3 is 0 Å². The minimum atomic E-state index is -3.16. The van der Waals surface area contributed by atoms with Crippen LogP contribution in [0.25, 0.3) is 0 Å². The van der Waals surface area contributed by atoms with E-state index < -0.39 is 9.84 Å². The van der Waals surface area contributed by atoms with Crippen molar-refractivity contribution in [2.24, 2.45) is 0 Å². The number of aryl methyl sites for hydroxylation is 1. The summed E-state index contributed by atoms with van der Waals surface area (Å²) >= 11 is 0. The van der Waals surface area contributed by atoms with E-state index in [1.807, 2.05) is 6.92 Å². The predicted molar refractivity (Wildman–Crippen MR) is 70.6 cm³/mol. The van der Waals surface area contributed by atoms with Gasteiger partial charge in [-0.05, 0) is 44.2 Å². The first-order valence-electron chi connectivity index (χ1n) is 6.54. The lowest BCUT2D eigenvalue weighted by Crippen LogP contribution is -2.39. The Labute approximate surface area is 108 Å². The molecule has 1 aromatic rings. The van der Waals surface area contributed by atoms with Crippen molar-refractivity contribution in [3.05, 3.63) is 17.8 Å². The Kier molecular flexibility index (Phi) is 2.81. The average molecular weight is 266 g/mol. The number of fused-ring (bicyclic) bond motifs is 3. The fourth-order valence-electron chi connectivity index (χ4n) is 2.96. The van der Waals surface area contributed by atoms with Crippen molar-refractivity contribution < 1.29 is 8.42 Å². The maximum Gasteiger partial charge on any atom is 0.182 e. The summed E-state index contributed by atoms with van der Waals surface area (Å²) < 4.78 is 24.6. The van der Waals surface area contributed by atoms with Crippen molar-refractivity contribution in [3.63, 3.8) is 0 Å². The molecular formula is C13H18N2O2S. The highest BCUT2D eigenvalue weighted by Crippen LogP contribution is 2.34. The van der Waals surface area contributed by atoms with Crippen molar-refractivity contribution in [2.45, 2.75) is 43.5 Å². The second kappa shape index (κ2) is 4.23. The molecule has 1 atom stereocenters. The molecule has 1 fully saturated rings. The maximum absolute atomic E-state index is 12.3. The Morgan fingerprint density at radius 3 is 3.00 bits per heavy atom. The highest BCUT2D eigenvalue weighted by Gasteiger charge is 2.34. The molecular weight excluding hydrogens is 248 g/mol. The number of nitrogens with zero attached hydrogens (tertiary/aromatic N) is 2. The van der Waals surface area contributed by atoms with E-state index in [2.05, 4.69) is 9.88 Å². The zero-order valence-corrected chi connectivity index (χ0v) is 11.4. The van der Waals surface area contributed by atoms with E-state index >= 15 is 0 Å². The molecule has 0 bridgehead atoms. The van der Waals surface area contributed by atoms with Crippen molar-refractivity contribution in [1.29, 1.82) is 0 Å². The molecule has 3 rings (SSSR count). The van der Waals surface area contributed by atoms with E-state index in [-0.39, 0.29) is 5.75 Å². The first-order valence-corrected chi connectivity index (χ1v) is 8.19. The highest BCUT2D eigenvalue weighted by atomic mass is 32.2. The molecule has 3 heterocycles. The highest BCUT2D eigenvalue weighted by molar-refractivity contribution is 7.91. The monoisotopic (exact) mass is 266 g/mol. The van der Waals surface area contributed by atoms with Crippen LogP contribution in [0.4, 0.5) is 5.82 Å². The van der Waals surface area contributed by atoms with Crippen molar-refractivity contribution in [3.8, 4) is 0 Å². The minimum absolute atomic E-state index is 0.256. The molecule has 0 saturated carbocycles. The molecule has 0 amide bonds. The third-order valence-corrected chi connectivity index (χ3v) is 5.67. The molecule has 0 N–H and O–H groups in total. The van der Waals surface area contributed by atoms with Gasteiger partial charge in [-0.15, -0.1) is 0 Å². The second-order valence-corrected chi connectivity index (χ2v) is 7.36. The summed E-state index contributed by atoms with van der Waals surface area (Å²) in [5.41, 5.74) is 0.910. The third kappa shape index (κ3) is 1.90. The smallest absolute Gasteiger partial charge is 0.182 e. The predicted octanol–water partition coefficient (Wildman–Crippen LogP) is 1.93. The van der Waals surface area contributed by atoms with Crippen molar-refractivity contribution in [2.75, 3.05) is 17.2 Å². The van der Waals surface area contributed by atoms with Crippen LogP contribution in [0.2, 0.25) is 0 Å². The third-order valence-electron chi connectivity index (χ3n) is 3.92. The first kappa shape index (κ1) is 12.0. The van der Waals surface area contributed by atoms with Crippen LogP contribution in [0.1, 0.15) is 31.2 Å². The van der Waals surface area contributed by atoms with Crippen LogP contribution in [0.3, 0.4) is 0 Å². The fourth-order valence-corrected chi connectivity index (χ4v) is 4.58. The number of rotatable bonds is 0. The number of hydrogen-bond donors (Lipinski definition) is 0. The van der Waals surface area contributed by atoms with Gasteiger partial charge in [0.25, 0.3) is 0 Å². The number of pyridine rings is 1. The molecule has 1 aromatic heterocycles. The first-order chi connectivity index (χ1) is 8.58. The molecule has 2 aliphatic rings.